The summed E-state index contributed by atoms with van der Waals surface area (Å²) in [6.07, 6.45) is -4.05. The van der Waals surface area contributed by atoms with Crippen LogP contribution in [0, 0.1) is 6.92 Å². The molecule has 4 rings (SSSR count). The van der Waals surface area contributed by atoms with Crippen molar-refractivity contribution in [2.75, 3.05) is 6.26 Å². The fraction of sp³-hybridized carbons (Fsp3) is 0.120. The highest BCUT2D eigenvalue weighted by Gasteiger charge is 2.38. The highest BCUT2D eigenvalue weighted by Crippen LogP contribution is 2.41. The Morgan fingerprint density at radius 1 is 0.730 bits per heavy atom. The number of sulfone groups is 1. The lowest BCUT2D eigenvalue weighted by Crippen LogP contribution is -2.17. The van der Waals surface area contributed by atoms with Crippen LogP contribution in [-0.2, 0) is 26.1 Å². The number of hydrogen-bond donors (Lipinski definition) is 0. The number of hydrogen-bond acceptors (Lipinski definition) is 7. The third-order valence-electron chi connectivity index (χ3n) is 5.25. The molecule has 0 bridgehead atoms. The van der Waals surface area contributed by atoms with Crippen LogP contribution in [0.3, 0.4) is 0 Å². The number of rotatable bonds is 6. The van der Waals surface area contributed by atoms with Crippen molar-refractivity contribution in [3.05, 3.63) is 90.3 Å². The summed E-state index contributed by atoms with van der Waals surface area (Å²) in [5, 5.41) is 0. The number of halogens is 3. The SMILES string of the molecule is Cc1ccc(S(=O)(=O)Oc2nc(C(F)(F)F)nc(-c3ccc(S(C)(=O)=O)cc3)c2-c2ccccc2)cc1. The van der Waals surface area contributed by atoms with E-state index in [1.54, 1.807) is 25.1 Å². The van der Waals surface area contributed by atoms with Gasteiger partial charge in [-0.15, -0.1) is 0 Å². The van der Waals surface area contributed by atoms with Gasteiger partial charge in [0.15, 0.2) is 9.84 Å². The summed E-state index contributed by atoms with van der Waals surface area (Å²) in [6, 6.07) is 18.5. The third-order valence-corrected chi connectivity index (χ3v) is 7.60. The molecule has 0 radical (unpaired) electrons. The molecular formula is C25H19F3N2O5S2. The van der Waals surface area contributed by atoms with E-state index in [0.29, 0.717) is 0 Å². The summed E-state index contributed by atoms with van der Waals surface area (Å²) in [5.41, 5.74) is 0.744. The largest absolute Gasteiger partial charge is 0.451 e. The maximum atomic E-state index is 13.8. The van der Waals surface area contributed by atoms with Crippen molar-refractivity contribution in [2.24, 2.45) is 0 Å². The van der Waals surface area contributed by atoms with E-state index in [-0.39, 0.29) is 32.2 Å². The van der Waals surface area contributed by atoms with Crippen molar-refractivity contribution in [1.29, 1.82) is 0 Å². The highest BCUT2D eigenvalue weighted by atomic mass is 32.2. The second-order valence-corrected chi connectivity index (χ2v) is 11.6. The van der Waals surface area contributed by atoms with Crippen LogP contribution < -0.4 is 4.18 Å². The molecule has 1 heterocycles. The second kappa shape index (κ2) is 9.60. The molecule has 0 fully saturated rings. The first-order chi connectivity index (χ1) is 17.3. The summed E-state index contributed by atoms with van der Waals surface area (Å²) >= 11 is 0. The van der Waals surface area contributed by atoms with E-state index in [0.717, 1.165) is 11.8 Å². The Hall–Kier alpha value is -3.77. The van der Waals surface area contributed by atoms with Crippen molar-refractivity contribution in [3.63, 3.8) is 0 Å². The zero-order valence-corrected chi connectivity index (χ0v) is 21.0. The summed E-state index contributed by atoms with van der Waals surface area (Å²) in [7, 11) is -8.16. The maximum Gasteiger partial charge on any atom is 0.451 e. The Balaban J connectivity index is 2.00. The monoisotopic (exact) mass is 548 g/mol. The lowest BCUT2D eigenvalue weighted by Gasteiger charge is -2.17. The molecule has 1 aromatic heterocycles. The van der Waals surface area contributed by atoms with Gasteiger partial charge in [0.25, 0.3) is 0 Å². The molecule has 7 nitrogen and oxygen atoms in total. The predicted octanol–water partition coefficient (Wildman–Crippen LogP) is 5.31. The smallest absolute Gasteiger partial charge is 0.357 e. The maximum absolute atomic E-state index is 13.8. The topological polar surface area (TPSA) is 103 Å². The molecule has 0 N–H and O–H groups in total. The Kier molecular flexibility index (Phi) is 6.82. The fourth-order valence-corrected chi connectivity index (χ4v) is 4.94. The van der Waals surface area contributed by atoms with Crippen molar-refractivity contribution < 1.29 is 34.2 Å². The average molecular weight is 549 g/mol. The zero-order chi connectivity index (χ0) is 27.0. The number of benzene rings is 3. The van der Waals surface area contributed by atoms with E-state index in [1.165, 1.54) is 60.7 Å². The molecule has 3 aromatic carbocycles. The number of aryl methyl sites for hydroxylation is 1. The molecule has 37 heavy (non-hydrogen) atoms. The van der Waals surface area contributed by atoms with E-state index >= 15 is 0 Å². The Morgan fingerprint density at radius 3 is 1.84 bits per heavy atom. The summed E-state index contributed by atoms with van der Waals surface area (Å²) < 4.78 is 96.4. The van der Waals surface area contributed by atoms with Gasteiger partial charge in [-0.1, -0.05) is 60.2 Å². The van der Waals surface area contributed by atoms with E-state index in [9.17, 15) is 30.0 Å². The normalized spacial score (nSPS) is 12.4. The zero-order valence-electron chi connectivity index (χ0n) is 19.4. The Morgan fingerprint density at radius 2 is 1.30 bits per heavy atom. The van der Waals surface area contributed by atoms with Gasteiger partial charge in [0.2, 0.25) is 11.7 Å². The summed E-state index contributed by atoms with van der Waals surface area (Å²) in [5.74, 6) is -2.44. The van der Waals surface area contributed by atoms with Crippen LogP contribution in [-0.4, -0.2) is 33.1 Å². The van der Waals surface area contributed by atoms with Crippen LogP contribution >= 0.6 is 0 Å². The Labute approximate surface area is 211 Å². The molecule has 192 valence electrons. The quantitative estimate of drug-likeness (QED) is 0.301. The second-order valence-electron chi connectivity index (χ2n) is 8.09. The first-order valence-electron chi connectivity index (χ1n) is 10.6. The Bertz CT molecular complexity index is 1650. The van der Waals surface area contributed by atoms with Gasteiger partial charge in [0.1, 0.15) is 4.90 Å². The molecule has 0 spiro atoms. The average Bonchev–Trinajstić information content (AvgIpc) is 2.83. The number of alkyl halides is 3. The highest BCUT2D eigenvalue weighted by molar-refractivity contribution is 7.90. The first-order valence-corrected chi connectivity index (χ1v) is 13.9. The van der Waals surface area contributed by atoms with Crippen LogP contribution in [0.1, 0.15) is 11.4 Å². The van der Waals surface area contributed by atoms with E-state index in [1.807, 2.05) is 0 Å². The molecule has 0 aliphatic heterocycles. The summed E-state index contributed by atoms with van der Waals surface area (Å²) in [6.45, 7) is 1.74. The van der Waals surface area contributed by atoms with Crippen molar-refractivity contribution in [1.82, 2.24) is 9.97 Å². The molecule has 12 heteroatoms. The molecule has 0 aliphatic rings. The standard InChI is InChI=1S/C25H19F3N2O5S2/c1-16-8-12-20(13-9-16)37(33,34)35-23-21(17-6-4-3-5-7-17)22(29-24(30-23)25(26,27)28)18-10-14-19(15-11-18)36(2,31)32/h3-15H,1-2H3. The van der Waals surface area contributed by atoms with Gasteiger partial charge < -0.3 is 4.18 Å². The van der Waals surface area contributed by atoms with Gasteiger partial charge in [-0.05, 0) is 36.8 Å². The molecule has 0 amide bonds. The lowest BCUT2D eigenvalue weighted by atomic mass is 10.00. The predicted molar refractivity (Wildman–Crippen MR) is 130 cm³/mol. The van der Waals surface area contributed by atoms with Crippen molar-refractivity contribution >= 4 is 20.0 Å². The molecule has 0 saturated heterocycles. The van der Waals surface area contributed by atoms with Crippen LogP contribution in [0.4, 0.5) is 13.2 Å². The molecule has 0 unspecified atom stereocenters. The van der Waals surface area contributed by atoms with Gasteiger partial charge in [-0.2, -0.15) is 26.6 Å². The molecule has 0 atom stereocenters. The molecular weight excluding hydrogens is 529 g/mol. The minimum atomic E-state index is -5.04. The third kappa shape index (κ3) is 5.81. The van der Waals surface area contributed by atoms with E-state index in [2.05, 4.69) is 9.97 Å². The van der Waals surface area contributed by atoms with Crippen molar-refractivity contribution in [3.8, 4) is 28.3 Å². The number of nitrogens with zero attached hydrogens (tertiary/aromatic N) is 2. The van der Waals surface area contributed by atoms with E-state index < -0.39 is 37.8 Å². The number of aromatic nitrogens is 2. The summed E-state index contributed by atoms with van der Waals surface area (Å²) in [4.78, 5) is 6.83. The minimum Gasteiger partial charge on any atom is -0.357 e. The van der Waals surface area contributed by atoms with Gasteiger partial charge in [0.05, 0.1) is 16.2 Å². The van der Waals surface area contributed by atoms with Gasteiger partial charge in [-0.25, -0.2) is 13.4 Å². The van der Waals surface area contributed by atoms with E-state index in [4.69, 9.17) is 4.18 Å². The van der Waals surface area contributed by atoms with Crippen molar-refractivity contribution in [2.45, 2.75) is 22.9 Å². The molecule has 0 aliphatic carbocycles. The van der Waals surface area contributed by atoms with Crippen LogP contribution in [0.15, 0.2) is 88.7 Å². The van der Waals surface area contributed by atoms with Crippen LogP contribution in [0.5, 0.6) is 5.88 Å². The van der Waals surface area contributed by atoms with Gasteiger partial charge in [0, 0.05) is 11.8 Å². The molecule has 0 saturated carbocycles. The van der Waals surface area contributed by atoms with Gasteiger partial charge >= 0.3 is 16.3 Å². The van der Waals surface area contributed by atoms with Crippen LogP contribution in [0.25, 0.3) is 22.4 Å². The fourth-order valence-electron chi connectivity index (χ4n) is 3.42. The lowest BCUT2D eigenvalue weighted by molar-refractivity contribution is -0.145. The van der Waals surface area contributed by atoms with Crippen LogP contribution in [0.2, 0.25) is 0 Å². The molecule has 4 aromatic rings. The minimum absolute atomic E-state index is 0.0546. The first kappa shape index (κ1) is 26.3. The van der Waals surface area contributed by atoms with Gasteiger partial charge in [-0.3, -0.25) is 0 Å².